The second-order valence-electron chi connectivity index (χ2n) is 2.73. The van der Waals surface area contributed by atoms with Gasteiger partial charge in [0, 0.05) is 18.0 Å². The molecule has 0 fully saturated rings. The highest BCUT2D eigenvalue weighted by molar-refractivity contribution is 5.51. The molecule has 0 aliphatic rings. The highest BCUT2D eigenvalue weighted by Gasteiger charge is 2.07. The summed E-state index contributed by atoms with van der Waals surface area (Å²) in [4.78, 5) is 8.04. The summed E-state index contributed by atoms with van der Waals surface area (Å²) in [6, 6.07) is 3.65. The van der Waals surface area contributed by atoms with Crippen LogP contribution in [-0.4, -0.2) is 26.8 Å². The van der Waals surface area contributed by atoms with E-state index < -0.39 is 0 Å². The van der Waals surface area contributed by atoms with Crippen LogP contribution in [0.15, 0.2) is 29.0 Å². The number of aliphatic hydroxyl groups excluding tert-OH is 1. The van der Waals surface area contributed by atoms with Crippen LogP contribution in [0.25, 0.3) is 11.4 Å². The Balaban J connectivity index is 2.25. The van der Waals surface area contributed by atoms with Gasteiger partial charge in [0.1, 0.15) is 0 Å². The van der Waals surface area contributed by atoms with Crippen molar-refractivity contribution in [2.45, 2.75) is 6.42 Å². The van der Waals surface area contributed by atoms with E-state index in [1.165, 1.54) is 0 Å². The lowest BCUT2D eigenvalue weighted by molar-refractivity contribution is 0.274. The van der Waals surface area contributed by atoms with Crippen molar-refractivity contribution in [3.05, 3.63) is 30.4 Å². The molecule has 0 aliphatic heterocycles. The van der Waals surface area contributed by atoms with Gasteiger partial charge in [0.15, 0.2) is 0 Å². The maximum Gasteiger partial charge on any atom is 0.229 e. The average Bonchev–Trinajstić information content (AvgIpc) is 2.68. The normalized spacial score (nSPS) is 10.4. The first-order valence-electron chi connectivity index (χ1n) is 4.24. The van der Waals surface area contributed by atoms with Crippen molar-refractivity contribution in [2.24, 2.45) is 0 Å². The number of aromatic nitrogens is 3. The molecule has 0 saturated carbocycles. The number of nitrogens with zero attached hydrogens (tertiary/aromatic N) is 3. The van der Waals surface area contributed by atoms with Gasteiger partial charge in [0.25, 0.3) is 0 Å². The highest BCUT2D eigenvalue weighted by Crippen LogP contribution is 2.13. The second kappa shape index (κ2) is 3.97. The Morgan fingerprint density at radius 3 is 3.07 bits per heavy atom. The molecule has 5 nitrogen and oxygen atoms in total. The number of hydrogen-bond donors (Lipinski definition) is 1. The first-order valence-corrected chi connectivity index (χ1v) is 4.24. The predicted octanol–water partition coefficient (Wildman–Crippen LogP) is 0.666. The molecule has 0 aliphatic carbocycles. The Morgan fingerprint density at radius 1 is 1.43 bits per heavy atom. The van der Waals surface area contributed by atoms with Gasteiger partial charge in [-0.1, -0.05) is 5.16 Å². The van der Waals surface area contributed by atoms with Gasteiger partial charge in [-0.2, -0.15) is 4.98 Å². The summed E-state index contributed by atoms with van der Waals surface area (Å²) < 4.78 is 4.91. The second-order valence-corrected chi connectivity index (χ2v) is 2.73. The van der Waals surface area contributed by atoms with E-state index in [0.717, 1.165) is 5.56 Å². The fraction of sp³-hybridized carbons (Fsp3) is 0.222. The molecular formula is C9H9N3O2. The molecule has 0 amide bonds. The summed E-state index contributed by atoms with van der Waals surface area (Å²) in [5, 5.41) is 12.4. The number of pyridine rings is 1. The molecule has 0 spiro atoms. The number of aliphatic hydroxyl groups is 1. The molecule has 5 heteroatoms. The zero-order valence-corrected chi connectivity index (χ0v) is 7.42. The van der Waals surface area contributed by atoms with Gasteiger partial charge in [-0.3, -0.25) is 4.98 Å². The van der Waals surface area contributed by atoms with Crippen LogP contribution in [0.4, 0.5) is 0 Å². The van der Waals surface area contributed by atoms with E-state index in [4.69, 9.17) is 9.63 Å². The SMILES string of the molecule is OCCc1nc(-c2cccnc2)no1. The Labute approximate surface area is 80.4 Å². The van der Waals surface area contributed by atoms with Crippen molar-refractivity contribution in [1.82, 2.24) is 15.1 Å². The molecule has 2 rings (SSSR count). The fourth-order valence-corrected chi connectivity index (χ4v) is 1.06. The minimum absolute atomic E-state index is 0.00860. The topological polar surface area (TPSA) is 72.0 Å². The maximum absolute atomic E-state index is 8.66. The van der Waals surface area contributed by atoms with Gasteiger partial charge in [-0.25, -0.2) is 0 Å². The molecule has 2 aromatic heterocycles. The summed E-state index contributed by atoms with van der Waals surface area (Å²) in [5.41, 5.74) is 0.806. The van der Waals surface area contributed by atoms with Gasteiger partial charge in [-0.05, 0) is 12.1 Å². The van der Waals surface area contributed by atoms with Crippen molar-refractivity contribution >= 4 is 0 Å². The van der Waals surface area contributed by atoms with Crippen LogP contribution in [0.2, 0.25) is 0 Å². The minimum atomic E-state index is 0.00860. The van der Waals surface area contributed by atoms with Gasteiger partial charge in [0.2, 0.25) is 11.7 Å². The molecule has 0 bridgehead atoms. The third-order valence-corrected chi connectivity index (χ3v) is 1.71. The van der Waals surface area contributed by atoms with Crippen LogP contribution in [0, 0.1) is 0 Å². The van der Waals surface area contributed by atoms with Gasteiger partial charge >= 0.3 is 0 Å². The maximum atomic E-state index is 8.66. The molecule has 1 N–H and O–H groups in total. The zero-order valence-electron chi connectivity index (χ0n) is 7.42. The molecule has 0 unspecified atom stereocenters. The Bertz CT molecular complexity index is 399. The van der Waals surface area contributed by atoms with Crippen LogP contribution in [0.1, 0.15) is 5.89 Å². The lowest BCUT2D eigenvalue weighted by atomic mass is 10.3. The third kappa shape index (κ3) is 1.77. The molecule has 2 aromatic rings. The Hall–Kier alpha value is -1.75. The van der Waals surface area contributed by atoms with Crippen molar-refractivity contribution in [2.75, 3.05) is 6.61 Å². The molecule has 2 heterocycles. The molecule has 0 saturated heterocycles. The third-order valence-electron chi connectivity index (χ3n) is 1.71. The van der Waals surface area contributed by atoms with Gasteiger partial charge in [0.05, 0.1) is 13.0 Å². The molecule has 0 atom stereocenters. The first-order chi connectivity index (χ1) is 6.90. The van der Waals surface area contributed by atoms with E-state index in [2.05, 4.69) is 15.1 Å². The summed E-state index contributed by atoms with van der Waals surface area (Å²) in [6.07, 6.45) is 3.72. The van der Waals surface area contributed by atoms with Crippen LogP contribution in [-0.2, 0) is 6.42 Å². The zero-order chi connectivity index (χ0) is 9.80. The number of hydrogen-bond acceptors (Lipinski definition) is 5. The van der Waals surface area contributed by atoms with Crippen molar-refractivity contribution < 1.29 is 9.63 Å². The van der Waals surface area contributed by atoms with Gasteiger partial charge < -0.3 is 9.63 Å². The summed E-state index contributed by atoms with van der Waals surface area (Å²) in [5.74, 6) is 0.938. The Morgan fingerprint density at radius 2 is 2.36 bits per heavy atom. The minimum Gasteiger partial charge on any atom is -0.396 e. The number of rotatable bonds is 3. The van der Waals surface area contributed by atoms with E-state index in [-0.39, 0.29) is 6.61 Å². The molecule has 0 radical (unpaired) electrons. The van der Waals surface area contributed by atoms with Crippen LogP contribution in [0.3, 0.4) is 0 Å². The van der Waals surface area contributed by atoms with Crippen LogP contribution >= 0.6 is 0 Å². The van der Waals surface area contributed by atoms with Gasteiger partial charge in [-0.15, -0.1) is 0 Å². The van der Waals surface area contributed by atoms with E-state index in [0.29, 0.717) is 18.1 Å². The van der Waals surface area contributed by atoms with Crippen molar-refractivity contribution in [1.29, 1.82) is 0 Å². The lowest BCUT2D eigenvalue weighted by Gasteiger charge is -1.89. The standard InChI is InChI=1S/C9H9N3O2/c13-5-3-8-11-9(12-14-8)7-2-1-4-10-6-7/h1-2,4,6,13H,3,5H2. The Kier molecular flexibility index (Phi) is 2.51. The molecule has 0 aromatic carbocycles. The molecular weight excluding hydrogens is 182 g/mol. The summed E-state index contributed by atoms with van der Waals surface area (Å²) >= 11 is 0. The molecule has 72 valence electrons. The quantitative estimate of drug-likeness (QED) is 0.771. The molecule has 14 heavy (non-hydrogen) atoms. The van der Waals surface area contributed by atoms with Crippen molar-refractivity contribution in [3.8, 4) is 11.4 Å². The van der Waals surface area contributed by atoms with E-state index in [9.17, 15) is 0 Å². The van der Waals surface area contributed by atoms with Crippen LogP contribution < -0.4 is 0 Å². The largest absolute Gasteiger partial charge is 0.396 e. The van der Waals surface area contributed by atoms with E-state index >= 15 is 0 Å². The average molecular weight is 191 g/mol. The predicted molar refractivity (Wildman–Crippen MR) is 48.3 cm³/mol. The first kappa shape index (κ1) is 8.83. The lowest BCUT2D eigenvalue weighted by Crippen LogP contribution is -1.90. The van der Waals surface area contributed by atoms with Crippen LogP contribution in [0.5, 0.6) is 0 Å². The van der Waals surface area contributed by atoms with Crippen molar-refractivity contribution in [3.63, 3.8) is 0 Å². The monoisotopic (exact) mass is 191 g/mol. The highest BCUT2D eigenvalue weighted by atomic mass is 16.5. The summed E-state index contributed by atoms with van der Waals surface area (Å²) in [6.45, 7) is 0.00860. The van der Waals surface area contributed by atoms with E-state index in [1.54, 1.807) is 18.5 Å². The smallest absolute Gasteiger partial charge is 0.229 e. The fourth-order valence-electron chi connectivity index (χ4n) is 1.06. The van der Waals surface area contributed by atoms with E-state index in [1.807, 2.05) is 6.07 Å². The summed E-state index contributed by atoms with van der Waals surface area (Å²) in [7, 11) is 0.